The first kappa shape index (κ1) is 19.2. The molecule has 5 heteroatoms. The maximum absolute atomic E-state index is 12.8. The number of fused-ring (bicyclic) bond motifs is 1. The maximum Gasteiger partial charge on any atom is 0.256 e. The van der Waals surface area contributed by atoms with Gasteiger partial charge in [-0.05, 0) is 30.7 Å². The monoisotopic (exact) mass is 392 g/mol. The fraction of sp³-hybridized carbons (Fsp3) is 0.0800. The Hall–Kier alpha value is -4.17. The lowest BCUT2D eigenvalue weighted by Crippen LogP contribution is -2.15. The summed E-state index contributed by atoms with van der Waals surface area (Å²) in [4.78, 5) is 17.3. The highest BCUT2D eigenvalue weighted by Crippen LogP contribution is 2.31. The van der Waals surface area contributed by atoms with Gasteiger partial charge in [-0.3, -0.25) is 4.79 Å². The second-order valence-corrected chi connectivity index (χ2v) is 7.00. The lowest BCUT2D eigenvalue weighted by atomic mass is 10.1. The molecule has 0 spiro atoms. The summed E-state index contributed by atoms with van der Waals surface area (Å²) in [7, 11) is 0. The van der Waals surface area contributed by atoms with Crippen LogP contribution in [0.25, 0.3) is 10.9 Å². The van der Waals surface area contributed by atoms with Crippen LogP contribution in [0.4, 0.5) is 11.5 Å². The second-order valence-electron chi connectivity index (χ2n) is 7.00. The molecule has 1 amide bonds. The molecule has 0 aliphatic heterocycles. The third-order valence-corrected chi connectivity index (χ3v) is 4.83. The van der Waals surface area contributed by atoms with Crippen LogP contribution in [-0.4, -0.2) is 10.9 Å². The topological polar surface area (TPSA) is 77.8 Å². The first-order valence-corrected chi connectivity index (χ1v) is 9.64. The minimum atomic E-state index is -0.299. The Morgan fingerprint density at radius 2 is 1.77 bits per heavy atom. The van der Waals surface area contributed by atoms with E-state index in [0.29, 0.717) is 28.9 Å². The lowest BCUT2D eigenvalue weighted by molar-refractivity contribution is 0.102. The van der Waals surface area contributed by atoms with E-state index in [1.165, 1.54) is 0 Å². The third-order valence-electron chi connectivity index (χ3n) is 4.83. The summed E-state index contributed by atoms with van der Waals surface area (Å²) >= 11 is 0. The Bertz CT molecular complexity index is 1260. The highest BCUT2D eigenvalue weighted by Gasteiger charge is 2.17. The number of para-hydroxylation sites is 1. The van der Waals surface area contributed by atoms with Gasteiger partial charge in [0.25, 0.3) is 5.91 Å². The Morgan fingerprint density at radius 1 is 1.00 bits per heavy atom. The number of benzene rings is 3. The van der Waals surface area contributed by atoms with Crippen molar-refractivity contribution in [3.05, 3.63) is 101 Å². The summed E-state index contributed by atoms with van der Waals surface area (Å²) in [6.45, 7) is 2.48. The van der Waals surface area contributed by atoms with Crippen molar-refractivity contribution in [1.29, 1.82) is 5.26 Å². The minimum Gasteiger partial charge on any atom is -0.379 e. The van der Waals surface area contributed by atoms with Crippen molar-refractivity contribution >= 4 is 28.3 Å². The van der Waals surface area contributed by atoms with Crippen LogP contribution < -0.4 is 10.6 Å². The van der Waals surface area contributed by atoms with Crippen LogP contribution in [0.5, 0.6) is 0 Å². The molecule has 0 aliphatic carbocycles. The molecule has 4 rings (SSSR count). The average Bonchev–Trinajstić information content (AvgIpc) is 2.78. The van der Waals surface area contributed by atoms with Gasteiger partial charge in [0.05, 0.1) is 11.2 Å². The van der Waals surface area contributed by atoms with Gasteiger partial charge in [0.1, 0.15) is 11.6 Å². The smallest absolute Gasteiger partial charge is 0.256 e. The number of nitrogens with one attached hydrogen (secondary N) is 2. The van der Waals surface area contributed by atoms with Gasteiger partial charge in [0.15, 0.2) is 5.82 Å². The number of aryl methyl sites for hydroxylation is 1. The number of aromatic nitrogens is 1. The molecular weight excluding hydrogens is 372 g/mol. The summed E-state index contributed by atoms with van der Waals surface area (Å²) in [5.41, 5.74) is 4.27. The predicted molar refractivity (Wildman–Crippen MR) is 119 cm³/mol. The van der Waals surface area contributed by atoms with E-state index in [2.05, 4.69) is 21.7 Å². The van der Waals surface area contributed by atoms with Gasteiger partial charge >= 0.3 is 0 Å². The normalized spacial score (nSPS) is 10.4. The number of rotatable bonds is 5. The zero-order valence-electron chi connectivity index (χ0n) is 16.5. The van der Waals surface area contributed by atoms with Crippen molar-refractivity contribution in [3.63, 3.8) is 0 Å². The molecule has 0 aliphatic rings. The molecule has 30 heavy (non-hydrogen) atoms. The fourth-order valence-corrected chi connectivity index (χ4v) is 3.35. The maximum atomic E-state index is 12.8. The summed E-state index contributed by atoms with van der Waals surface area (Å²) in [6.07, 6.45) is 0. The van der Waals surface area contributed by atoms with Crippen molar-refractivity contribution in [2.45, 2.75) is 13.5 Å². The van der Waals surface area contributed by atoms with Gasteiger partial charge in [-0.15, -0.1) is 0 Å². The number of carbonyl (C=O) groups is 1. The SMILES string of the molecule is Cc1cccc(C(=O)Nc2nc3ccccc3c(NCc3ccccc3)c2C#N)c1. The van der Waals surface area contributed by atoms with E-state index in [1.54, 1.807) is 12.1 Å². The summed E-state index contributed by atoms with van der Waals surface area (Å²) in [5.74, 6) is -0.0507. The molecular formula is C25H20N4O. The van der Waals surface area contributed by atoms with Crippen LogP contribution in [0, 0.1) is 18.3 Å². The number of amides is 1. The molecule has 0 atom stereocenters. The van der Waals surface area contributed by atoms with Crippen molar-refractivity contribution in [2.24, 2.45) is 0 Å². The van der Waals surface area contributed by atoms with E-state index in [1.807, 2.05) is 73.7 Å². The molecule has 2 N–H and O–H groups in total. The van der Waals surface area contributed by atoms with Crippen molar-refractivity contribution in [2.75, 3.05) is 10.6 Å². The Labute approximate surface area is 175 Å². The van der Waals surface area contributed by atoms with Crippen LogP contribution in [0.3, 0.4) is 0 Å². The molecule has 1 heterocycles. The van der Waals surface area contributed by atoms with E-state index in [0.717, 1.165) is 16.5 Å². The highest BCUT2D eigenvalue weighted by atomic mass is 16.1. The summed E-state index contributed by atoms with van der Waals surface area (Å²) in [6, 6.07) is 27.0. The van der Waals surface area contributed by atoms with Gasteiger partial charge in [-0.25, -0.2) is 4.98 Å². The van der Waals surface area contributed by atoms with Crippen LogP contribution in [-0.2, 0) is 6.54 Å². The van der Waals surface area contributed by atoms with E-state index < -0.39 is 0 Å². The largest absolute Gasteiger partial charge is 0.379 e. The summed E-state index contributed by atoms with van der Waals surface area (Å²) < 4.78 is 0. The predicted octanol–water partition coefficient (Wildman–Crippen LogP) is 5.28. The molecule has 0 saturated heterocycles. The Balaban J connectivity index is 1.74. The molecule has 0 fully saturated rings. The molecule has 5 nitrogen and oxygen atoms in total. The zero-order valence-corrected chi connectivity index (χ0v) is 16.5. The third kappa shape index (κ3) is 3.98. The molecule has 4 aromatic rings. The lowest BCUT2D eigenvalue weighted by Gasteiger charge is -2.15. The van der Waals surface area contributed by atoms with E-state index in [9.17, 15) is 10.1 Å². The van der Waals surface area contributed by atoms with Crippen LogP contribution in [0.15, 0.2) is 78.9 Å². The van der Waals surface area contributed by atoms with Crippen LogP contribution in [0.2, 0.25) is 0 Å². The Kier molecular flexibility index (Phi) is 5.40. The van der Waals surface area contributed by atoms with Crippen molar-refractivity contribution < 1.29 is 4.79 Å². The van der Waals surface area contributed by atoms with Gasteiger partial charge < -0.3 is 10.6 Å². The average molecular weight is 392 g/mol. The van der Waals surface area contributed by atoms with Gasteiger partial charge in [-0.1, -0.05) is 66.2 Å². The van der Waals surface area contributed by atoms with E-state index >= 15 is 0 Å². The molecule has 0 unspecified atom stereocenters. The van der Waals surface area contributed by atoms with Crippen LogP contribution in [0.1, 0.15) is 27.0 Å². The molecule has 1 aromatic heterocycles. The number of hydrogen-bond acceptors (Lipinski definition) is 4. The number of pyridine rings is 1. The Morgan fingerprint density at radius 3 is 2.53 bits per heavy atom. The number of carbonyl (C=O) groups excluding carboxylic acids is 1. The van der Waals surface area contributed by atoms with Gasteiger partial charge in [0.2, 0.25) is 0 Å². The van der Waals surface area contributed by atoms with Gasteiger partial charge in [-0.2, -0.15) is 5.26 Å². The fourth-order valence-electron chi connectivity index (χ4n) is 3.35. The summed E-state index contributed by atoms with van der Waals surface area (Å²) in [5, 5.41) is 16.9. The number of hydrogen-bond donors (Lipinski definition) is 2. The standard InChI is InChI=1S/C25H20N4O/c1-17-8-7-11-19(14-17)25(30)29-24-21(15-26)23(20-12-5-6-13-22(20)28-24)27-16-18-9-3-2-4-10-18/h2-14H,16H2,1H3,(H2,27,28,29,30). The number of anilines is 2. The molecule has 0 radical (unpaired) electrons. The van der Waals surface area contributed by atoms with Crippen LogP contribution >= 0.6 is 0 Å². The molecule has 0 saturated carbocycles. The van der Waals surface area contributed by atoms with E-state index in [-0.39, 0.29) is 11.7 Å². The minimum absolute atomic E-state index is 0.248. The number of nitrogens with zero attached hydrogens (tertiary/aromatic N) is 2. The van der Waals surface area contributed by atoms with E-state index in [4.69, 9.17) is 0 Å². The zero-order chi connectivity index (χ0) is 20.9. The first-order chi connectivity index (χ1) is 14.7. The van der Waals surface area contributed by atoms with Crippen molar-refractivity contribution in [1.82, 2.24) is 4.98 Å². The first-order valence-electron chi connectivity index (χ1n) is 9.64. The highest BCUT2D eigenvalue weighted by molar-refractivity contribution is 6.07. The second kappa shape index (κ2) is 8.46. The number of nitriles is 1. The van der Waals surface area contributed by atoms with Crippen molar-refractivity contribution in [3.8, 4) is 6.07 Å². The molecule has 146 valence electrons. The van der Waals surface area contributed by atoms with Gasteiger partial charge in [0, 0.05) is 17.5 Å². The molecule has 0 bridgehead atoms. The molecule has 3 aromatic carbocycles. The quantitative estimate of drug-likeness (QED) is 0.484.